The lowest BCUT2D eigenvalue weighted by atomic mass is 10.1. The molecule has 1 aromatic heterocycles. The Bertz CT molecular complexity index is 401. The second-order valence-electron chi connectivity index (χ2n) is 5.40. The first-order chi connectivity index (χ1) is 8.20. The molecule has 3 nitrogen and oxygen atoms in total. The van der Waals surface area contributed by atoms with E-state index in [1.165, 1.54) is 47.9 Å². The summed E-state index contributed by atoms with van der Waals surface area (Å²) in [5, 5.41) is 4.94. The number of nitrogens with zero attached hydrogens (tertiary/aromatic N) is 2. The third kappa shape index (κ3) is 2.54. The van der Waals surface area contributed by atoms with Crippen LogP contribution in [0.2, 0.25) is 0 Å². The zero-order valence-corrected chi connectivity index (χ0v) is 11.5. The van der Waals surface area contributed by atoms with Crippen LogP contribution in [0.5, 0.6) is 0 Å². The predicted molar refractivity (Wildman–Crippen MR) is 71.4 cm³/mol. The number of hydrogen-bond acceptors (Lipinski definition) is 4. The number of rotatable bonds is 2. The van der Waals surface area contributed by atoms with E-state index in [1.54, 1.807) is 0 Å². The number of aryl methyl sites for hydroxylation is 2. The molecule has 2 atom stereocenters. The smallest absolute Gasteiger partial charge is 0.0900 e. The summed E-state index contributed by atoms with van der Waals surface area (Å²) >= 11 is 1.86. The van der Waals surface area contributed by atoms with Gasteiger partial charge in [0.2, 0.25) is 0 Å². The molecule has 3 rings (SSSR count). The topological polar surface area (TPSA) is 28.2 Å². The minimum atomic E-state index is 0.733. The van der Waals surface area contributed by atoms with Gasteiger partial charge in [0.25, 0.3) is 0 Å². The Morgan fingerprint density at radius 2 is 2.12 bits per heavy atom. The molecule has 3 heterocycles. The summed E-state index contributed by atoms with van der Waals surface area (Å²) in [7, 11) is 0. The van der Waals surface area contributed by atoms with Crippen LogP contribution in [0.15, 0.2) is 0 Å². The van der Waals surface area contributed by atoms with E-state index in [4.69, 9.17) is 0 Å². The van der Waals surface area contributed by atoms with Crippen molar-refractivity contribution in [1.29, 1.82) is 0 Å². The number of likely N-dealkylation sites (tertiary alicyclic amines) is 1. The summed E-state index contributed by atoms with van der Waals surface area (Å²) in [6, 6.07) is 1.52. The van der Waals surface area contributed by atoms with Crippen LogP contribution in [0, 0.1) is 13.8 Å². The van der Waals surface area contributed by atoms with Gasteiger partial charge < -0.3 is 5.32 Å². The zero-order valence-electron chi connectivity index (χ0n) is 10.7. The highest BCUT2D eigenvalue weighted by Gasteiger charge is 2.29. The molecule has 4 heteroatoms. The van der Waals surface area contributed by atoms with Crippen molar-refractivity contribution in [3.8, 4) is 0 Å². The number of thiazole rings is 1. The third-order valence-electron chi connectivity index (χ3n) is 3.97. The monoisotopic (exact) mass is 251 g/mol. The van der Waals surface area contributed by atoms with Gasteiger partial charge in [0.15, 0.2) is 0 Å². The molecule has 1 N–H and O–H groups in total. The quantitative estimate of drug-likeness (QED) is 0.872. The van der Waals surface area contributed by atoms with Crippen LogP contribution in [0.3, 0.4) is 0 Å². The van der Waals surface area contributed by atoms with E-state index < -0.39 is 0 Å². The second-order valence-corrected chi connectivity index (χ2v) is 6.69. The molecule has 94 valence electrons. The maximum atomic E-state index is 4.52. The lowest BCUT2D eigenvalue weighted by Crippen LogP contribution is -2.34. The van der Waals surface area contributed by atoms with Crippen LogP contribution in [-0.4, -0.2) is 35.1 Å². The summed E-state index contributed by atoms with van der Waals surface area (Å²) in [6.45, 7) is 7.80. The Labute approximate surface area is 107 Å². The molecule has 2 aliphatic heterocycles. The molecule has 2 saturated heterocycles. The van der Waals surface area contributed by atoms with Gasteiger partial charge in [-0.25, -0.2) is 4.98 Å². The molecular weight excluding hydrogens is 230 g/mol. The van der Waals surface area contributed by atoms with E-state index in [9.17, 15) is 0 Å². The van der Waals surface area contributed by atoms with Crippen molar-refractivity contribution < 1.29 is 0 Å². The van der Waals surface area contributed by atoms with E-state index in [0.717, 1.165) is 18.6 Å². The summed E-state index contributed by atoms with van der Waals surface area (Å²) in [6.07, 6.45) is 4.06. The molecule has 2 aliphatic rings. The van der Waals surface area contributed by atoms with Crippen molar-refractivity contribution in [3.63, 3.8) is 0 Å². The fourth-order valence-corrected chi connectivity index (χ4v) is 4.06. The molecule has 2 unspecified atom stereocenters. The van der Waals surface area contributed by atoms with Gasteiger partial charge in [-0.2, -0.15) is 0 Å². The third-order valence-corrected chi connectivity index (χ3v) is 5.03. The lowest BCUT2D eigenvalue weighted by molar-refractivity contribution is 0.252. The van der Waals surface area contributed by atoms with Crippen molar-refractivity contribution in [1.82, 2.24) is 15.2 Å². The van der Waals surface area contributed by atoms with E-state index in [1.807, 2.05) is 11.3 Å². The highest BCUT2D eigenvalue weighted by atomic mass is 32.1. The van der Waals surface area contributed by atoms with Crippen LogP contribution in [0.25, 0.3) is 0 Å². The number of hydrogen-bond donors (Lipinski definition) is 1. The average Bonchev–Trinajstić information content (AvgIpc) is 2.75. The highest BCUT2D eigenvalue weighted by Crippen LogP contribution is 2.24. The Hall–Kier alpha value is -0.450. The number of nitrogens with one attached hydrogen (secondary N) is 1. The first-order valence-electron chi connectivity index (χ1n) is 6.62. The van der Waals surface area contributed by atoms with Gasteiger partial charge in [-0.3, -0.25) is 4.90 Å². The summed E-state index contributed by atoms with van der Waals surface area (Å²) in [4.78, 5) is 8.59. The largest absolute Gasteiger partial charge is 0.310 e. The molecule has 2 bridgehead atoms. The molecular formula is C13H21N3S. The number of fused-ring (bicyclic) bond motifs is 2. The van der Waals surface area contributed by atoms with Gasteiger partial charge in [-0.05, 0) is 33.1 Å². The molecule has 17 heavy (non-hydrogen) atoms. The highest BCUT2D eigenvalue weighted by molar-refractivity contribution is 7.11. The van der Waals surface area contributed by atoms with Crippen molar-refractivity contribution in [2.45, 2.75) is 51.7 Å². The standard InChI is InChI=1S/C13H21N3S/c1-9-13(17-10(2)14-9)8-16-6-5-11-3-4-12(7-16)15-11/h11-12,15H,3-8H2,1-2H3. The van der Waals surface area contributed by atoms with Gasteiger partial charge in [-0.15, -0.1) is 11.3 Å². The summed E-state index contributed by atoms with van der Waals surface area (Å²) < 4.78 is 0. The Morgan fingerprint density at radius 1 is 1.29 bits per heavy atom. The first kappa shape index (κ1) is 11.6. The van der Waals surface area contributed by atoms with E-state index >= 15 is 0 Å². The normalized spacial score (nSPS) is 29.5. The van der Waals surface area contributed by atoms with Crippen LogP contribution in [-0.2, 0) is 6.54 Å². The molecule has 1 aromatic rings. The minimum Gasteiger partial charge on any atom is -0.310 e. The predicted octanol–water partition coefficient (Wildman–Crippen LogP) is 2.09. The van der Waals surface area contributed by atoms with Gasteiger partial charge in [0.1, 0.15) is 0 Å². The molecule has 0 radical (unpaired) electrons. The maximum absolute atomic E-state index is 4.52. The van der Waals surface area contributed by atoms with Crippen LogP contribution in [0.4, 0.5) is 0 Å². The molecule has 2 fully saturated rings. The van der Waals surface area contributed by atoms with Gasteiger partial charge in [-0.1, -0.05) is 0 Å². The van der Waals surface area contributed by atoms with Gasteiger partial charge in [0, 0.05) is 36.6 Å². The fraction of sp³-hybridized carbons (Fsp3) is 0.769. The zero-order chi connectivity index (χ0) is 11.8. The second kappa shape index (κ2) is 4.67. The summed E-state index contributed by atoms with van der Waals surface area (Å²) in [5.41, 5.74) is 1.23. The average molecular weight is 251 g/mol. The van der Waals surface area contributed by atoms with Crippen LogP contribution in [0.1, 0.15) is 34.8 Å². The SMILES string of the molecule is Cc1nc(C)c(CN2CCC3CCC(C2)N3)s1. The first-order valence-corrected chi connectivity index (χ1v) is 7.43. The van der Waals surface area contributed by atoms with Crippen LogP contribution < -0.4 is 5.32 Å². The molecule has 0 aliphatic carbocycles. The van der Waals surface area contributed by atoms with Gasteiger partial charge in [0.05, 0.1) is 10.7 Å². The summed E-state index contributed by atoms with van der Waals surface area (Å²) in [5.74, 6) is 0. The maximum Gasteiger partial charge on any atom is 0.0900 e. The molecule has 0 amide bonds. The molecule has 0 aromatic carbocycles. The van der Waals surface area contributed by atoms with E-state index in [0.29, 0.717) is 0 Å². The Balaban J connectivity index is 1.67. The minimum absolute atomic E-state index is 0.733. The number of aromatic nitrogens is 1. The Morgan fingerprint density at radius 3 is 2.88 bits per heavy atom. The van der Waals surface area contributed by atoms with Gasteiger partial charge >= 0.3 is 0 Å². The lowest BCUT2D eigenvalue weighted by Gasteiger charge is -2.23. The fourth-order valence-electron chi connectivity index (χ4n) is 3.08. The van der Waals surface area contributed by atoms with Crippen LogP contribution >= 0.6 is 11.3 Å². The van der Waals surface area contributed by atoms with Crippen molar-refractivity contribution in [3.05, 3.63) is 15.6 Å². The van der Waals surface area contributed by atoms with Crippen molar-refractivity contribution in [2.75, 3.05) is 13.1 Å². The van der Waals surface area contributed by atoms with Crippen molar-refractivity contribution >= 4 is 11.3 Å². The molecule has 0 saturated carbocycles. The van der Waals surface area contributed by atoms with Crippen molar-refractivity contribution in [2.24, 2.45) is 0 Å². The molecule has 0 spiro atoms. The van der Waals surface area contributed by atoms with E-state index in [-0.39, 0.29) is 0 Å². The Kier molecular flexibility index (Phi) is 3.19. The van der Waals surface area contributed by atoms with E-state index in [2.05, 4.69) is 29.0 Å².